The van der Waals surface area contributed by atoms with Crippen LogP contribution in [0.2, 0.25) is 0 Å². The first kappa shape index (κ1) is 8.43. The summed E-state index contributed by atoms with van der Waals surface area (Å²) in [5.74, 6) is 3.72. The van der Waals surface area contributed by atoms with Crippen LogP contribution in [0.4, 0.5) is 0 Å². The molecule has 1 saturated heterocycles. The fourth-order valence-electron chi connectivity index (χ4n) is 4.39. The predicted octanol–water partition coefficient (Wildman–Crippen LogP) is 2.81. The van der Waals surface area contributed by atoms with Gasteiger partial charge in [0, 0.05) is 24.7 Å². The highest BCUT2D eigenvalue weighted by Gasteiger charge is 2.49. The molecule has 4 rings (SSSR count). The van der Waals surface area contributed by atoms with Crippen LogP contribution < -0.4 is 0 Å². The summed E-state index contributed by atoms with van der Waals surface area (Å²) in [6.07, 6.45) is 13.2. The first-order valence-corrected chi connectivity index (χ1v) is 6.57. The molecule has 0 N–H and O–H groups in total. The van der Waals surface area contributed by atoms with Crippen molar-refractivity contribution in [2.45, 2.75) is 25.7 Å². The molecule has 1 saturated carbocycles. The Morgan fingerprint density at radius 1 is 1.20 bits per heavy atom. The molecule has 0 aromatic rings. The average Bonchev–Trinajstić information content (AvgIpc) is 3.02. The van der Waals surface area contributed by atoms with Gasteiger partial charge in [0.1, 0.15) is 0 Å². The Balaban J connectivity index is 1.63. The Morgan fingerprint density at radius 3 is 2.93 bits per heavy atom. The summed E-state index contributed by atoms with van der Waals surface area (Å²) in [7, 11) is 0. The maximum Gasteiger partial charge on any atom is 0.0175 e. The van der Waals surface area contributed by atoms with Gasteiger partial charge in [0.25, 0.3) is 0 Å². The zero-order valence-corrected chi connectivity index (χ0v) is 9.23. The van der Waals surface area contributed by atoms with E-state index in [9.17, 15) is 0 Å². The highest BCUT2D eigenvalue weighted by Crippen LogP contribution is 2.56. The normalized spacial score (nSPS) is 46.4. The molecular weight excluding hydrogens is 182 g/mol. The average molecular weight is 201 g/mol. The Hall–Kier alpha value is -0.720. The summed E-state index contributed by atoms with van der Waals surface area (Å²) in [6, 6.07) is 0. The lowest BCUT2D eigenvalue weighted by molar-refractivity contribution is 0.297. The van der Waals surface area contributed by atoms with Crippen molar-refractivity contribution in [2.24, 2.45) is 23.7 Å². The van der Waals surface area contributed by atoms with E-state index in [4.69, 9.17) is 0 Å². The van der Waals surface area contributed by atoms with E-state index >= 15 is 0 Å². The van der Waals surface area contributed by atoms with Gasteiger partial charge in [-0.15, -0.1) is 0 Å². The van der Waals surface area contributed by atoms with Crippen LogP contribution in [0.15, 0.2) is 23.9 Å². The number of allylic oxidation sites excluding steroid dienone is 4. The topological polar surface area (TPSA) is 3.24 Å². The van der Waals surface area contributed by atoms with Gasteiger partial charge in [-0.3, -0.25) is 0 Å². The van der Waals surface area contributed by atoms with Gasteiger partial charge in [-0.05, 0) is 43.4 Å². The highest BCUT2D eigenvalue weighted by atomic mass is 15.2. The van der Waals surface area contributed by atoms with Gasteiger partial charge in [-0.25, -0.2) is 0 Å². The lowest BCUT2D eigenvalue weighted by atomic mass is 9.83. The van der Waals surface area contributed by atoms with Crippen molar-refractivity contribution in [1.82, 2.24) is 4.90 Å². The number of hydrogen-bond acceptors (Lipinski definition) is 1. The summed E-state index contributed by atoms with van der Waals surface area (Å²) in [4.78, 5) is 2.68. The van der Waals surface area contributed by atoms with Crippen LogP contribution in [0.3, 0.4) is 0 Å². The molecule has 4 atom stereocenters. The summed E-state index contributed by atoms with van der Waals surface area (Å²) < 4.78 is 0. The molecule has 0 aromatic carbocycles. The number of fused-ring (bicyclic) bond motifs is 5. The second-order valence-corrected chi connectivity index (χ2v) is 5.70. The van der Waals surface area contributed by atoms with Crippen molar-refractivity contribution in [1.29, 1.82) is 0 Å². The minimum absolute atomic E-state index is 0.898. The fraction of sp³-hybridized carbons (Fsp3) is 0.714. The van der Waals surface area contributed by atoms with Gasteiger partial charge in [-0.2, -0.15) is 0 Å². The van der Waals surface area contributed by atoms with E-state index in [2.05, 4.69) is 23.1 Å². The van der Waals surface area contributed by atoms with E-state index < -0.39 is 0 Å². The molecule has 15 heavy (non-hydrogen) atoms. The molecule has 2 fully saturated rings. The highest BCUT2D eigenvalue weighted by molar-refractivity contribution is 5.28. The van der Waals surface area contributed by atoms with E-state index in [1.165, 1.54) is 38.8 Å². The van der Waals surface area contributed by atoms with Crippen molar-refractivity contribution in [3.63, 3.8) is 0 Å². The minimum atomic E-state index is 0.898. The summed E-state index contributed by atoms with van der Waals surface area (Å²) in [5.41, 5.74) is 1.74. The van der Waals surface area contributed by atoms with Crippen molar-refractivity contribution in [2.75, 3.05) is 13.1 Å². The lowest BCUT2D eigenvalue weighted by Gasteiger charge is -2.31. The van der Waals surface area contributed by atoms with E-state index in [1.807, 2.05) is 0 Å². The maximum absolute atomic E-state index is 2.68. The van der Waals surface area contributed by atoms with Crippen LogP contribution in [-0.2, 0) is 0 Å². The lowest BCUT2D eigenvalue weighted by Crippen LogP contribution is -2.28. The Labute approximate surface area is 91.8 Å². The van der Waals surface area contributed by atoms with Crippen LogP contribution in [0.25, 0.3) is 0 Å². The first-order chi connectivity index (χ1) is 7.43. The Morgan fingerprint density at radius 2 is 2.07 bits per heavy atom. The van der Waals surface area contributed by atoms with Crippen molar-refractivity contribution >= 4 is 0 Å². The van der Waals surface area contributed by atoms with Crippen LogP contribution in [0.1, 0.15) is 25.7 Å². The van der Waals surface area contributed by atoms with Gasteiger partial charge in [0.15, 0.2) is 0 Å². The molecule has 3 aliphatic carbocycles. The van der Waals surface area contributed by atoms with Crippen molar-refractivity contribution in [3.8, 4) is 0 Å². The maximum atomic E-state index is 2.68. The Bertz CT molecular complexity index is 335. The van der Waals surface area contributed by atoms with E-state index in [0.29, 0.717) is 0 Å². The number of likely N-dealkylation sites (tertiary alicyclic amines) is 1. The third kappa shape index (κ3) is 1.04. The molecule has 1 heteroatoms. The molecule has 0 amide bonds. The van der Waals surface area contributed by atoms with Gasteiger partial charge in [0.05, 0.1) is 0 Å². The van der Waals surface area contributed by atoms with Crippen molar-refractivity contribution in [3.05, 3.63) is 23.9 Å². The van der Waals surface area contributed by atoms with Crippen LogP contribution >= 0.6 is 0 Å². The molecule has 1 aliphatic heterocycles. The molecule has 0 spiro atoms. The van der Waals surface area contributed by atoms with Crippen LogP contribution in [0.5, 0.6) is 0 Å². The fourth-order valence-corrected chi connectivity index (χ4v) is 4.39. The summed E-state index contributed by atoms with van der Waals surface area (Å²) >= 11 is 0. The SMILES string of the molecule is C1=C[C@@H]2[C@H](C1)[C@@H]1C[C@@H]2C=C1N1CCCC1. The summed E-state index contributed by atoms with van der Waals surface area (Å²) in [5, 5.41) is 0. The molecule has 2 bridgehead atoms. The third-order valence-corrected chi connectivity index (χ3v) is 5.03. The monoisotopic (exact) mass is 201 g/mol. The zero-order valence-electron chi connectivity index (χ0n) is 9.23. The number of nitrogens with zero attached hydrogens (tertiary/aromatic N) is 1. The minimum Gasteiger partial charge on any atom is -0.375 e. The smallest absolute Gasteiger partial charge is 0.0175 e. The molecule has 0 aromatic heterocycles. The number of rotatable bonds is 1. The molecule has 1 heterocycles. The molecular formula is C14H19N. The Kier molecular flexibility index (Phi) is 1.63. The molecule has 0 radical (unpaired) electrons. The second kappa shape index (κ2) is 2.90. The quantitative estimate of drug-likeness (QED) is 0.590. The van der Waals surface area contributed by atoms with Crippen molar-refractivity contribution < 1.29 is 0 Å². The molecule has 80 valence electrons. The summed E-state index contributed by atoms with van der Waals surface area (Å²) in [6.45, 7) is 2.67. The van der Waals surface area contributed by atoms with Crippen LogP contribution in [-0.4, -0.2) is 18.0 Å². The largest absolute Gasteiger partial charge is 0.375 e. The third-order valence-electron chi connectivity index (χ3n) is 5.03. The molecule has 1 nitrogen and oxygen atoms in total. The van der Waals surface area contributed by atoms with E-state index in [1.54, 1.807) is 5.70 Å². The van der Waals surface area contributed by atoms with E-state index in [0.717, 1.165) is 23.7 Å². The van der Waals surface area contributed by atoms with Gasteiger partial charge in [0.2, 0.25) is 0 Å². The zero-order chi connectivity index (χ0) is 9.83. The van der Waals surface area contributed by atoms with E-state index in [-0.39, 0.29) is 0 Å². The second-order valence-electron chi connectivity index (χ2n) is 5.70. The van der Waals surface area contributed by atoms with Gasteiger partial charge in [-0.1, -0.05) is 18.2 Å². The van der Waals surface area contributed by atoms with Gasteiger partial charge >= 0.3 is 0 Å². The van der Waals surface area contributed by atoms with Gasteiger partial charge < -0.3 is 4.90 Å². The van der Waals surface area contributed by atoms with Crippen LogP contribution in [0, 0.1) is 23.7 Å². The first-order valence-electron chi connectivity index (χ1n) is 6.57. The predicted molar refractivity (Wildman–Crippen MR) is 61.2 cm³/mol. The number of hydrogen-bond donors (Lipinski definition) is 0. The standard InChI is InChI=1S/C14H19N/c1-2-7-15(6-1)14-9-10-8-13(14)12-5-3-4-11(10)12/h3-4,9-13H,1-2,5-8H2/t10-,11+,12+,13+/m1/s1. The molecule has 4 aliphatic rings. The molecule has 0 unspecified atom stereocenters.